The fourth-order valence-electron chi connectivity index (χ4n) is 3.94. The van der Waals surface area contributed by atoms with E-state index in [-0.39, 0.29) is 22.6 Å². The molecule has 1 amide bonds. The van der Waals surface area contributed by atoms with Crippen LogP contribution in [0.5, 0.6) is 0 Å². The van der Waals surface area contributed by atoms with Gasteiger partial charge in [0.2, 0.25) is 5.91 Å². The number of hydrogen-bond acceptors (Lipinski definition) is 5. The van der Waals surface area contributed by atoms with Gasteiger partial charge in [0.25, 0.3) is 10.0 Å². The molecule has 34 heavy (non-hydrogen) atoms. The van der Waals surface area contributed by atoms with E-state index in [0.29, 0.717) is 18.7 Å². The second kappa shape index (κ2) is 9.80. The lowest BCUT2D eigenvalue weighted by molar-refractivity contribution is -0.132. The molecule has 3 aromatic rings. The average Bonchev–Trinajstić information content (AvgIpc) is 3.38. The van der Waals surface area contributed by atoms with Crippen molar-refractivity contribution in [3.63, 3.8) is 0 Å². The van der Waals surface area contributed by atoms with E-state index in [2.05, 4.69) is 14.8 Å². The molecule has 4 rings (SSSR count). The van der Waals surface area contributed by atoms with Gasteiger partial charge in [-0.1, -0.05) is 62.7 Å². The summed E-state index contributed by atoms with van der Waals surface area (Å²) in [6.07, 6.45) is 4.42. The molecule has 1 N–H and O–H groups in total. The van der Waals surface area contributed by atoms with Crippen molar-refractivity contribution in [2.24, 2.45) is 10.9 Å². The summed E-state index contributed by atoms with van der Waals surface area (Å²) in [5.74, 6) is -0.0138. The van der Waals surface area contributed by atoms with E-state index in [4.69, 9.17) is 0 Å². The van der Waals surface area contributed by atoms with Crippen LogP contribution in [0.3, 0.4) is 0 Å². The van der Waals surface area contributed by atoms with E-state index in [1.165, 1.54) is 0 Å². The lowest BCUT2D eigenvalue weighted by atomic mass is 9.98. The van der Waals surface area contributed by atoms with Crippen molar-refractivity contribution in [3.8, 4) is 0 Å². The van der Waals surface area contributed by atoms with E-state index in [1.54, 1.807) is 42.4 Å². The third-order valence-electron chi connectivity index (χ3n) is 6.04. The molecule has 178 valence electrons. The Balaban J connectivity index is 1.52. The van der Waals surface area contributed by atoms with Gasteiger partial charge >= 0.3 is 0 Å². The summed E-state index contributed by atoms with van der Waals surface area (Å²) in [5, 5.41) is 4.42. The zero-order valence-corrected chi connectivity index (χ0v) is 20.4. The highest BCUT2D eigenvalue weighted by Gasteiger charge is 2.34. The van der Waals surface area contributed by atoms with Crippen LogP contribution in [0.15, 0.2) is 76.9 Å². The summed E-state index contributed by atoms with van der Waals surface area (Å²) in [6.45, 7) is 4.98. The minimum absolute atomic E-state index is 0.0690. The smallest absolute Gasteiger partial charge is 0.263 e. The van der Waals surface area contributed by atoms with Gasteiger partial charge < -0.3 is 4.90 Å². The van der Waals surface area contributed by atoms with Crippen LogP contribution in [0.1, 0.15) is 37.0 Å². The molecule has 0 fully saturated rings. The van der Waals surface area contributed by atoms with Gasteiger partial charge in [-0.3, -0.25) is 19.2 Å². The Hall–Kier alpha value is -3.46. The quantitative estimate of drug-likeness (QED) is 0.537. The molecule has 0 saturated heterocycles. The average molecular weight is 480 g/mol. The number of nitrogens with zero attached hydrogens (tertiary/aromatic N) is 4. The molecule has 1 aliphatic heterocycles. The van der Waals surface area contributed by atoms with Crippen LogP contribution in [0.2, 0.25) is 0 Å². The summed E-state index contributed by atoms with van der Waals surface area (Å²) < 4.78 is 29.3. The number of carbonyl (C=O) groups excluding carboxylic acids is 1. The standard InChI is InChI=1S/C25H29N5O3S/c1-4-18(2)23(27-24-21-12-8-9-13-22(21)34(32,33)28-24)25(31)29(3)15-20-14-26-30(17-20)16-19-10-6-5-7-11-19/h5-14,17-18,23H,4,15-16H2,1-3H3,(H,27,28)/t18-,23-/m0/s1. The summed E-state index contributed by atoms with van der Waals surface area (Å²) in [5.41, 5.74) is 2.55. The molecule has 2 aromatic carbocycles. The first kappa shape index (κ1) is 23.7. The van der Waals surface area contributed by atoms with Crippen molar-refractivity contribution in [1.29, 1.82) is 0 Å². The number of hydrogen-bond donors (Lipinski definition) is 1. The van der Waals surface area contributed by atoms with Crippen LogP contribution < -0.4 is 4.72 Å². The van der Waals surface area contributed by atoms with Crippen LogP contribution in [0.4, 0.5) is 0 Å². The Bertz CT molecular complexity index is 1300. The molecule has 0 saturated carbocycles. The van der Waals surface area contributed by atoms with Gasteiger partial charge in [0.15, 0.2) is 0 Å². The maximum atomic E-state index is 13.4. The number of likely N-dealkylation sites (N-methyl/N-ethyl adjacent to an activating group) is 1. The van der Waals surface area contributed by atoms with Gasteiger partial charge in [-0.2, -0.15) is 5.10 Å². The maximum Gasteiger partial charge on any atom is 0.263 e. The van der Waals surface area contributed by atoms with E-state index in [0.717, 1.165) is 17.5 Å². The Morgan fingerprint density at radius 3 is 2.56 bits per heavy atom. The van der Waals surface area contributed by atoms with Crippen LogP contribution in [-0.2, 0) is 27.9 Å². The third kappa shape index (κ3) is 5.04. The van der Waals surface area contributed by atoms with Crippen molar-refractivity contribution in [2.45, 2.75) is 44.3 Å². The molecule has 2 atom stereocenters. The zero-order valence-electron chi connectivity index (χ0n) is 19.5. The molecule has 0 unspecified atom stereocenters. The van der Waals surface area contributed by atoms with Crippen molar-refractivity contribution >= 4 is 21.8 Å². The first-order chi connectivity index (χ1) is 16.3. The molecular formula is C25H29N5O3S. The van der Waals surface area contributed by atoms with Gasteiger partial charge in [0, 0.05) is 30.9 Å². The number of fused-ring (bicyclic) bond motifs is 1. The molecule has 2 heterocycles. The van der Waals surface area contributed by atoms with Crippen LogP contribution in [0, 0.1) is 5.92 Å². The van der Waals surface area contributed by atoms with Gasteiger partial charge in [0.05, 0.1) is 17.6 Å². The number of amidine groups is 1. The summed E-state index contributed by atoms with van der Waals surface area (Å²) in [6, 6.07) is 16.0. The highest BCUT2D eigenvalue weighted by molar-refractivity contribution is 7.90. The Kier molecular flexibility index (Phi) is 6.83. The molecule has 8 nitrogen and oxygen atoms in total. The number of rotatable bonds is 8. The number of aliphatic imine (C=N–C) groups is 1. The monoisotopic (exact) mass is 479 g/mol. The van der Waals surface area contributed by atoms with E-state index in [1.807, 2.05) is 55.1 Å². The van der Waals surface area contributed by atoms with E-state index in [9.17, 15) is 13.2 Å². The SMILES string of the molecule is CC[C@H](C)[C@H](N=C1NS(=O)(=O)c2ccccc21)C(=O)N(C)Cc1cnn(Cc2ccccc2)c1. The molecule has 1 aliphatic rings. The molecule has 0 radical (unpaired) electrons. The third-order valence-corrected chi connectivity index (χ3v) is 7.43. The number of benzene rings is 2. The number of nitrogens with one attached hydrogen (secondary N) is 1. The van der Waals surface area contributed by atoms with Crippen LogP contribution in [-0.4, -0.2) is 47.9 Å². The Morgan fingerprint density at radius 2 is 1.82 bits per heavy atom. The van der Waals surface area contributed by atoms with Crippen molar-refractivity contribution in [1.82, 2.24) is 19.4 Å². The van der Waals surface area contributed by atoms with Crippen LogP contribution in [0.25, 0.3) is 0 Å². The number of aromatic nitrogens is 2. The molecule has 0 aliphatic carbocycles. The minimum Gasteiger partial charge on any atom is -0.339 e. The molecule has 0 spiro atoms. The second-order valence-corrected chi connectivity index (χ2v) is 10.3. The largest absolute Gasteiger partial charge is 0.339 e. The fraction of sp³-hybridized carbons (Fsp3) is 0.320. The first-order valence-corrected chi connectivity index (χ1v) is 12.8. The van der Waals surface area contributed by atoms with E-state index < -0.39 is 16.1 Å². The molecular weight excluding hydrogens is 450 g/mol. The Labute approximate surface area is 200 Å². The highest BCUT2D eigenvalue weighted by Crippen LogP contribution is 2.24. The first-order valence-electron chi connectivity index (χ1n) is 11.3. The predicted molar refractivity (Wildman–Crippen MR) is 131 cm³/mol. The second-order valence-electron chi connectivity index (χ2n) is 8.64. The predicted octanol–water partition coefficient (Wildman–Crippen LogP) is 3.04. The maximum absolute atomic E-state index is 13.4. The fourth-order valence-corrected chi connectivity index (χ4v) is 5.18. The highest BCUT2D eigenvalue weighted by atomic mass is 32.2. The van der Waals surface area contributed by atoms with Gasteiger partial charge in [0.1, 0.15) is 11.9 Å². The molecule has 9 heteroatoms. The lowest BCUT2D eigenvalue weighted by Crippen LogP contribution is -2.40. The van der Waals surface area contributed by atoms with Crippen molar-refractivity contribution in [3.05, 3.63) is 83.7 Å². The summed E-state index contributed by atoms with van der Waals surface area (Å²) in [7, 11) is -1.93. The number of sulfonamides is 1. The summed E-state index contributed by atoms with van der Waals surface area (Å²) >= 11 is 0. The van der Waals surface area contributed by atoms with Crippen molar-refractivity contribution < 1.29 is 13.2 Å². The molecule has 1 aromatic heterocycles. The zero-order chi connectivity index (χ0) is 24.3. The summed E-state index contributed by atoms with van der Waals surface area (Å²) in [4.78, 5) is 19.9. The Morgan fingerprint density at radius 1 is 1.12 bits per heavy atom. The molecule has 0 bridgehead atoms. The van der Waals surface area contributed by atoms with Crippen LogP contribution >= 0.6 is 0 Å². The topological polar surface area (TPSA) is 96.7 Å². The van der Waals surface area contributed by atoms with Crippen molar-refractivity contribution in [2.75, 3.05) is 7.05 Å². The normalized spacial score (nSPS) is 17.1. The van der Waals surface area contributed by atoms with Gasteiger partial charge in [-0.15, -0.1) is 0 Å². The lowest BCUT2D eigenvalue weighted by Gasteiger charge is -2.25. The number of carbonyl (C=O) groups is 1. The number of amides is 1. The minimum atomic E-state index is -3.67. The van der Waals surface area contributed by atoms with E-state index >= 15 is 0 Å². The van der Waals surface area contributed by atoms with Gasteiger partial charge in [-0.05, 0) is 23.6 Å². The van der Waals surface area contributed by atoms with Gasteiger partial charge in [-0.25, -0.2) is 8.42 Å².